The van der Waals surface area contributed by atoms with E-state index >= 15 is 0 Å². The molecule has 0 amide bonds. The molecule has 23 heavy (non-hydrogen) atoms. The third kappa shape index (κ3) is 2.71. The zero-order valence-electron chi connectivity index (χ0n) is 13.3. The molecule has 1 fully saturated rings. The lowest BCUT2D eigenvalue weighted by atomic mass is 10.1. The SMILES string of the molecule is C[C@@H]1CN(c2nnc(-c3cccs3)c3ccccc23)C[C@@H](C)O1. The van der Waals surface area contributed by atoms with E-state index in [1.54, 1.807) is 11.3 Å². The van der Waals surface area contributed by atoms with Gasteiger partial charge in [0.2, 0.25) is 0 Å². The minimum absolute atomic E-state index is 0.205. The summed E-state index contributed by atoms with van der Waals surface area (Å²) in [4.78, 5) is 3.45. The minimum Gasteiger partial charge on any atom is -0.372 e. The van der Waals surface area contributed by atoms with Crippen LogP contribution in [0.4, 0.5) is 5.82 Å². The zero-order valence-corrected chi connectivity index (χ0v) is 14.1. The molecule has 0 saturated carbocycles. The molecule has 1 aliphatic rings. The van der Waals surface area contributed by atoms with Crippen molar-refractivity contribution >= 4 is 27.9 Å². The van der Waals surface area contributed by atoms with E-state index in [4.69, 9.17) is 4.74 Å². The summed E-state index contributed by atoms with van der Waals surface area (Å²) >= 11 is 1.70. The first-order chi connectivity index (χ1) is 11.2. The summed E-state index contributed by atoms with van der Waals surface area (Å²) in [7, 11) is 0. The van der Waals surface area contributed by atoms with Crippen molar-refractivity contribution in [1.82, 2.24) is 10.2 Å². The second-order valence-electron chi connectivity index (χ2n) is 6.06. The Morgan fingerprint density at radius 2 is 1.74 bits per heavy atom. The van der Waals surface area contributed by atoms with E-state index in [2.05, 4.69) is 70.7 Å². The summed E-state index contributed by atoms with van der Waals surface area (Å²) in [5.41, 5.74) is 0.966. The van der Waals surface area contributed by atoms with Crippen LogP contribution < -0.4 is 4.90 Å². The Kier molecular flexibility index (Phi) is 3.75. The molecule has 0 aliphatic carbocycles. The van der Waals surface area contributed by atoms with E-state index in [9.17, 15) is 0 Å². The van der Waals surface area contributed by atoms with Gasteiger partial charge in [0.1, 0.15) is 5.69 Å². The number of nitrogens with zero attached hydrogens (tertiary/aromatic N) is 3. The lowest BCUT2D eigenvalue weighted by Gasteiger charge is -2.36. The Balaban J connectivity index is 1.84. The Morgan fingerprint density at radius 3 is 2.43 bits per heavy atom. The average molecular weight is 325 g/mol. The summed E-state index contributed by atoms with van der Waals surface area (Å²) in [5, 5.41) is 13.5. The maximum atomic E-state index is 5.84. The van der Waals surface area contributed by atoms with Crippen LogP contribution >= 0.6 is 11.3 Å². The predicted octanol–water partition coefficient (Wildman–Crippen LogP) is 3.97. The van der Waals surface area contributed by atoms with Crippen LogP contribution in [0.1, 0.15) is 13.8 Å². The van der Waals surface area contributed by atoms with Crippen molar-refractivity contribution in [2.45, 2.75) is 26.1 Å². The van der Waals surface area contributed by atoms with Crippen molar-refractivity contribution in [2.24, 2.45) is 0 Å². The number of hydrogen-bond donors (Lipinski definition) is 0. The van der Waals surface area contributed by atoms with E-state index in [0.717, 1.165) is 40.3 Å². The molecule has 118 valence electrons. The third-order valence-corrected chi connectivity index (χ3v) is 5.02. The van der Waals surface area contributed by atoms with E-state index < -0.39 is 0 Å². The van der Waals surface area contributed by atoms with Crippen molar-refractivity contribution in [1.29, 1.82) is 0 Å². The Labute approximate surface area is 139 Å². The quantitative estimate of drug-likeness (QED) is 0.714. The van der Waals surface area contributed by atoms with Gasteiger partial charge in [0.25, 0.3) is 0 Å². The van der Waals surface area contributed by atoms with Gasteiger partial charge in [-0.3, -0.25) is 0 Å². The van der Waals surface area contributed by atoms with Gasteiger partial charge in [-0.15, -0.1) is 21.5 Å². The van der Waals surface area contributed by atoms with Gasteiger partial charge in [-0.05, 0) is 25.3 Å². The van der Waals surface area contributed by atoms with Crippen LogP contribution in [0.5, 0.6) is 0 Å². The van der Waals surface area contributed by atoms with Gasteiger partial charge in [0.15, 0.2) is 5.82 Å². The molecular weight excluding hydrogens is 306 g/mol. The van der Waals surface area contributed by atoms with Crippen LogP contribution in [0.2, 0.25) is 0 Å². The van der Waals surface area contributed by atoms with E-state index in [1.807, 2.05) is 0 Å². The molecule has 4 rings (SSSR count). The second kappa shape index (κ2) is 5.91. The lowest BCUT2D eigenvalue weighted by Crippen LogP contribution is -2.46. The van der Waals surface area contributed by atoms with Gasteiger partial charge in [-0.25, -0.2) is 0 Å². The van der Waals surface area contributed by atoms with Crippen LogP contribution in [-0.2, 0) is 4.74 Å². The van der Waals surface area contributed by atoms with Crippen molar-refractivity contribution < 1.29 is 4.74 Å². The number of rotatable bonds is 2. The maximum absolute atomic E-state index is 5.84. The molecule has 4 nitrogen and oxygen atoms in total. The number of aromatic nitrogens is 2. The number of hydrogen-bond acceptors (Lipinski definition) is 5. The molecular formula is C18H19N3OS. The molecule has 1 aliphatic heterocycles. The van der Waals surface area contributed by atoms with E-state index in [1.165, 1.54) is 0 Å². The molecule has 0 radical (unpaired) electrons. The summed E-state index contributed by atoms with van der Waals surface area (Å²) in [5.74, 6) is 0.961. The van der Waals surface area contributed by atoms with Crippen molar-refractivity contribution in [3.63, 3.8) is 0 Å². The highest BCUT2D eigenvalue weighted by Gasteiger charge is 2.25. The Hall–Kier alpha value is -1.98. The minimum atomic E-state index is 0.205. The fourth-order valence-corrected chi connectivity index (χ4v) is 3.99. The lowest BCUT2D eigenvalue weighted by molar-refractivity contribution is -0.00540. The average Bonchev–Trinajstić information content (AvgIpc) is 3.07. The normalized spacial score (nSPS) is 21.7. The van der Waals surface area contributed by atoms with Gasteiger partial charge in [-0.1, -0.05) is 30.3 Å². The third-order valence-electron chi connectivity index (χ3n) is 4.14. The molecule has 3 aromatic rings. The summed E-state index contributed by atoms with van der Waals surface area (Å²) in [6, 6.07) is 12.6. The van der Waals surface area contributed by atoms with Crippen molar-refractivity contribution in [3.8, 4) is 10.6 Å². The maximum Gasteiger partial charge on any atom is 0.159 e. The molecule has 1 saturated heterocycles. The van der Waals surface area contributed by atoms with E-state index in [-0.39, 0.29) is 12.2 Å². The van der Waals surface area contributed by atoms with Crippen molar-refractivity contribution in [2.75, 3.05) is 18.0 Å². The van der Waals surface area contributed by atoms with Gasteiger partial charge in [0, 0.05) is 23.9 Å². The van der Waals surface area contributed by atoms with Gasteiger partial charge < -0.3 is 9.64 Å². The van der Waals surface area contributed by atoms with Crippen LogP contribution in [0, 0.1) is 0 Å². The van der Waals surface area contributed by atoms with Gasteiger partial charge >= 0.3 is 0 Å². The first kappa shape index (κ1) is 14.6. The topological polar surface area (TPSA) is 38.2 Å². The molecule has 0 unspecified atom stereocenters. The summed E-state index contributed by atoms with van der Waals surface area (Å²) < 4.78 is 5.84. The Morgan fingerprint density at radius 1 is 1.00 bits per heavy atom. The van der Waals surface area contributed by atoms with Gasteiger partial charge in [0.05, 0.1) is 17.1 Å². The number of benzene rings is 1. The number of anilines is 1. The number of morpholine rings is 1. The highest BCUT2D eigenvalue weighted by atomic mass is 32.1. The molecule has 2 aromatic heterocycles. The van der Waals surface area contributed by atoms with Crippen LogP contribution in [0.3, 0.4) is 0 Å². The first-order valence-corrected chi connectivity index (χ1v) is 8.80. The van der Waals surface area contributed by atoms with Crippen LogP contribution in [-0.4, -0.2) is 35.5 Å². The van der Waals surface area contributed by atoms with Crippen LogP contribution in [0.15, 0.2) is 41.8 Å². The second-order valence-corrected chi connectivity index (χ2v) is 7.01. The van der Waals surface area contributed by atoms with Crippen molar-refractivity contribution in [3.05, 3.63) is 41.8 Å². The number of fused-ring (bicyclic) bond motifs is 1. The molecule has 1 aromatic carbocycles. The van der Waals surface area contributed by atoms with Gasteiger partial charge in [-0.2, -0.15) is 0 Å². The fourth-order valence-electron chi connectivity index (χ4n) is 3.27. The smallest absolute Gasteiger partial charge is 0.159 e. The predicted molar refractivity (Wildman–Crippen MR) is 95.1 cm³/mol. The molecule has 0 spiro atoms. The highest BCUT2D eigenvalue weighted by molar-refractivity contribution is 7.13. The molecule has 3 heterocycles. The summed E-state index contributed by atoms with van der Waals surface area (Å²) in [6.45, 7) is 5.92. The number of thiophene rings is 1. The molecule has 0 N–H and O–H groups in total. The molecule has 0 bridgehead atoms. The fraction of sp³-hybridized carbons (Fsp3) is 0.333. The monoisotopic (exact) mass is 325 g/mol. The largest absolute Gasteiger partial charge is 0.372 e. The molecule has 2 atom stereocenters. The standard InChI is InChI=1S/C18H19N3OS/c1-12-10-21(11-13(2)22-12)18-15-7-4-3-6-14(15)17(19-20-18)16-8-5-9-23-16/h3-9,12-13H,10-11H2,1-2H3/t12-,13-/m1/s1. The zero-order chi connectivity index (χ0) is 15.8. The first-order valence-electron chi connectivity index (χ1n) is 7.92. The Bertz CT molecular complexity index is 808. The highest BCUT2D eigenvalue weighted by Crippen LogP contribution is 2.34. The number of ether oxygens (including phenoxy) is 1. The van der Waals surface area contributed by atoms with E-state index in [0.29, 0.717) is 0 Å². The van der Waals surface area contributed by atoms with Crippen LogP contribution in [0.25, 0.3) is 21.3 Å². The summed E-state index contributed by atoms with van der Waals surface area (Å²) in [6.07, 6.45) is 0.410. The molecule has 5 heteroatoms.